The standard InChI is InChI=1S/C20H24NO5P/c1-3-25-27(23,26-4-2)19(15-17-11-7-5-8-12-17)21-20(22)24-16-18-13-9-6-10-14-18/h5-15H,3-4,16H2,1-2H3,(H,21,22)/b19-15+. The molecule has 2 rings (SSSR count). The summed E-state index contributed by atoms with van der Waals surface area (Å²) in [6.45, 7) is 3.85. The average molecular weight is 389 g/mol. The zero-order chi connectivity index (χ0) is 19.5. The molecule has 0 aromatic heterocycles. The summed E-state index contributed by atoms with van der Waals surface area (Å²) in [6, 6.07) is 18.5. The van der Waals surface area contributed by atoms with Crippen molar-refractivity contribution in [2.45, 2.75) is 20.5 Å². The molecule has 0 aliphatic heterocycles. The molecule has 6 nitrogen and oxygen atoms in total. The monoisotopic (exact) mass is 389 g/mol. The second kappa shape index (κ2) is 10.7. The number of carbonyl (C=O) groups excluding carboxylic acids is 1. The second-order valence-electron chi connectivity index (χ2n) is 5.46. The van der Waals surface area contributed by atoms with Gasteiger partial charge in [-0.25, -0.2) is 4.79 Å². The Balaban J connectivity index is 2.19. The Bertz CT molecular complexity index is 783. The molecule has 1 amide bonds. The quantitative estimate of drug-likeness (QED) is 0.599. The van der Waals surface area contributed by atoms with Crippen LogP contribution in [0.4, 0.5) is 4.79 Å². The van der Waals surface area contributed by atoms with Gasteiger partial charge >= 0.3 is 13.7 Å². The predicted octanol–water partition coefficient (Wildman–Crippen LogP) is 5.18. The van der Waals surface area contributed by atoms with Crippen LogP contribution in [0.25, 0.3) is 6.08 Å². The lowest BCUT2D eigenvalue weighted by molar-refractivity contribution is 0.142. The maximum Gasteiger partial charge on any atom is 0.412 e. The molecule has 2 aromatic carbocycles. The molecule has 0 aliphatic rings. The summed E-state index contributed by atoms with van der Waals surface area (Å²) in [4.78, 5) is 12.3. The molecular weight excluding hydrogens is 365 g/mol. The van der Waals surface area contributed by atoms with Gasteiger partial charge in [0.25, 0.3) is 0 Å². The fourth-order valence-electron chi connectivity index (χ4n) is 2.27. The summed E-state index contributed by atoms with van der Waals surface area (Å²) in [6.07, 6.45) is 0.830. The minimum atomic E-state index is -3.70. The summed E-state index contributed by atoms with van der Waals surface area (Å²) >= 11 is 0. The van der Waals surface area contributed by atoms with Crippen LogP contribution in [0.3, 0.4) is 0 Å². The summed E-state index contributed by atoms with van der Waals surface area (Å²) in [5, 5.41) is 2.53. The van der Waals surface area contributed by atoms with Crippen molar-refractivity contribution in [2.75, 3.05) is 13.2 Å². The zero-order valence-electron chi connectivity index (χ0n) is 15.5. The van der Waals surface area contributed by atoms with E-state index in [9.17, 15) is 9.36 Å². The molecule has 144 valence electrons. The van der Waals surface area contributed by atoms with Gasteiger partial charge in [-0.2, -0.15) is 0 Å². The van der Waals surface area contributed by atoms with Crippen LogP contribution in [-0.4, -0.2) is 19.3 Å². The van der Waals surface area contributed by atoms with E-state index in [1.54, 1.807) is 19.9 Å². The minimum Gasteiger partial charge on any atom is -0.444 e. The third-order valence-corrected chi connectivity index (χ3v) is 5.47. The number of alkyl carbamates (subject to hydrolysis) is 1. The van der Waals surface area contributed by atoms with Crippen LogP contribution >= 0.6 is 7.60 Å². The third kappa shape index (κ3) is 6.68. The van der Waals surface area contributed by atoms with Gasteiger partial charge in [-0.15, -0.1) is 0 Å². The van der Waals surface area contributed by atoms with Gasteiger partial charge in [-0.05, 0) is 31.1 Å². The lowest BCUT2D eigenvalue weighted by Crippen LogP contribution is -2.24. The van der Waals surface area contributed by atoms with E-state index in [-0.39, 0.29) is 25.3 Å². The largest absolute Gasteiger partial charge is 0.444 e. The van der Waals surface area contributed by atoms with Gasteiger partial charge in [0.15, 0.2) is 0 Å². The van der Waals surface area contributed by atoms with Crippen molar-refractivity contribution >= 4 is 19.8 Å². The first-order valence-corrected chi connectivity index (χ1v) is 10.3. The molecule has 0 spiro atoms. The first-order chi connectivity index (χ1) is 13.1. The van der Waals surface area contributed by atoms with Gasteiger partial charge in [0, 0.05) is 0 Å². The fraction of sp³-hybridized carbons (Fsp3) is 0.250. The first-order valence-electron chi connectivity index (χ1n) is 8.71. The van der Waals surface area contributed by atoms with Gasteiger partial charge in [0.05, 0.1) is 13.2 Å². The van der Waals surface area contributed by atoms with E-state index in [1.165, 1.54) is 0 Å². The van der Waals surface area contributed by atoms with E-state index in [1.807, 2.05) is 60.7 Å². The topological polar surface area (TPSA) is 73.9 Å². The van der Waals surface area contributed by atoms with Crippen LogP contribution in [0.2, 0.25) is 0 Å². The summed E-state index contributed by atoms with van der Waals surface area (Å²) in [5.74, 6) is 0. The van der Waals surface area contributed by atoms with E-state index in [2.05, 4.69) is 5.32 Å². The van der Waals surface area contributed by atoms with Gasteiger partial charge in [-0.3, -0.25) is 9.88 Å². The molecule has 0 radical (unpaired) electrons. The number of hydrogen-bond donors (Lipinski definition) is 1. The molecule has 2 aromatic rings. The van der Waals surface area contributed by atoms with Gasteiger partial charge in [0.1, 0.15) is 12.0 Å². The number of nitrogens with one attached hydrogen (secondary N) is 1. The van der Waals surface area contributed by atoms with Crippen LogP contribution in [0, 0.1) is 0 Å². The number of benzene rings is 2. The highest BCUT2D eigenvalue weighted by Crippen LogP contribution is 2.55. The number of ether oxygens (including phenoxy) is 1. The third-order valence-electron chi connectivity index (χ3n) is 3.44. The van der Waals surface area contributed by atoms with Crippen molar-refractivity contribution in [2.24, 2.45) is 0 Å². The lowest BCUT2D eigenvalue weighted by Gasteiger charge is -2.20. The smallest absolute Gasteiger partial charge is 0.412 e. The molecule has 1 N–H and O–H groups in total. The molecule has 0 heterocycles. The number of carbonyl (C=O) groups is 1. The van der Waals surface area contributed by atoms with E-state index in [0.717, 1.165) is 11.1 Å². The van der Waals surface area contributed by atoms with Crippen LogP contribution in [-0.2, 0) is 25.0 Å². The molecule has 0 atom stereocenters. The van der Waals surface area contributed by atoms with E-state index in [4.69, 9.17) is 13.8 Å². The lowest BCUT2D eigenvalue weighted by atomic mass is 10.2. The van der Waals surface area contributed by atoms with Crippen molar-refractivity contribution in [1.82, 2.24) is 5.32 Å². The normalized spacial score (nSPS) is 11.9. The molecule has 0 fully saturated rings. The van der Waals surface area contributed by atoms with Crippen LogP contribution in [0.15, 0.2) is 66.1 Å². The van der Waals surface area contributed by atoms with Crippen molar-refractivity contribution < 1.29 is 23.1 Å². The molecule has 27 heavy (non-hydrogen) atoms. The van der Waals surface area contributed by atoms with Crippen molar-refractivity contribution in [1.29, 1.82) is 0 Å². The molecule has 0 bridgehead atoms. The fourth-order valence-corrected chi connectivity index (χ4v) is 3.84. The number of amides is 1. The Kier molecular flexibility index (Phi) is 8.27. The van der Waals surface area contributed by atoms with E-state index >= 15 is 0 Å². The van der Waals surface area contributed by atoms with E-state index in [0.29, 0.717) is 0 Å². The van der Waals surface area contributed by atoms with Crippen molar-refractivity contribution in [3.05, 3.63) is 77.2 Å². The van der Waals surface area contributed by atoms with Crippen LogP contribution < -0.4 is 5.32 Å². The first kappa shape index (κ1) is 20.9. The molecule has 0 saturated carbocycles. The van der Waals surface area contributed by atoms with Gasteiger partial charge in [-0.1, -0.05) is 60.7 Å². The minimum absolute atomic E-state index is 0.0375. The maximum absolute atomic E-state index is 13.1. The second-order valence-corrected chi connectivity index (χ2v) is 7.45. The summed E-state index contributed by atoms with van der Waals surface area (Å²) < 4.78 is 29.1. The average Bonchev–Trinajstić information content (AvgIpc) is 2.68. The van der Waals surface area contributed by atoms with Gasteiger partial charge < -0.3 is 13.8 Å². The highest BCUT2D eigenvalue weighted by atomic mass is 31.2. The molecule has 0 unspecified atom stereocenters. The Morgan fingerprint density at radius 1 is 0.963 bits per heavy atom. The van der Waals surface area contributed by atoms with Gasteiger partial charge in [0.2, 0.25) is 0 Å². The molecule has 0 aliphatic carbocycles. The summed E-state index contributed by atoms with van der Waals surface area (Å²) in [7, 11) is -3.70. The Morgan fingerprint density at radius 2 is 1.52 bits per heavy atom. The SMILES string of the molecule is CCOP(=O)(OCC)/C(=C/c1ccccc1)NC(=O)OCc1ccccc1. The predicted molar refractivity (Wildman–Crippen MR) is 105 cm³/mol. The molecule has 0 saturated heterocycles. The number of hydrogen-bond acceptors (Lipinski definition) is 5. The van der Waals surface area contributed by atoms with Crippen LogP contribution in [0.5, 0.6) is 0 Å². The Labute approximate surface area is 159 Å². The Hall–Kier alpha value is -2.40. The highest BCUT2D eigenvalue weighted by molar-refractivity contribution is 7.58. The number of rotatable bonds is 9. The maximum atomic E-state index is 13.1. The Morgan fingerprint density at radius 3 is 2.07 bits per heavy atom. The van der Waals surface area contributed by atoms with E-state index < -0.39 is 13.7 Å². The van der Waals surface area contributed by atoms with Crippen LogP contribution in [0.1, 0.15) is 25.0 Å². The molecule has 7 heteroatoms. The van der Waals surface area contributed by atoms with Crippen molar-refractivity contribution in [3.8, 4) is 0 Å². The highest BCUT2D eigenvalue weighted by Gasteiger charge is 2.31. The van der Waals surface area contributed by atoms with Crippen molar-refractivity contribution in [3.63, 3.8) is 0 Å². The molecular formula is C20H24NO5P. The zero-order valence-corrected chi connectivity index (χ0v) is 16.4. The summed E-state index contributed by atoms with van der Waals surface area (Å²) in [5.41, 5.74) is 1.63.